The normalized spacial score (nSPS) is 11.5. The first-order valence-corrected chi connectivity index (χ1v) is 9.86. The molecule has 5 nitrogen and oxygen atoms in total. The van der Waals surface area contributed by atoms with Crippen molar-refractivity contribution in [2.75, 3.05) is 25.1 Å². The Morgan fingerprint density at radius 3 is 2.28 bits per heavy atom. The van der Waals surface area contributed by atoms with Crippen molar-refractivity contribution >= 4 is 11.6 Å². The van der Waals surface area contributed by atoms with Crippen LogP contribution in [0, 0.1) is 0 Å². The molecule has 0 radical (unpaired) electrons. The lowest BCUT2D eigenvalue weighted by Crippen LogP contribution is -2.88. The number of hydrogen-bond acceptors (Lipinski definition) is 3. The molecule has 0 spiro atoms. The van der Waals surface area contributed by atoms with Crippen LogP contribution in [0.2, 0.25) is 0 Å². The highest BCUT2D eigenvalue weighted by Gasteiger charge is 2.24. The fraction of sp³-hybridized carbons (Fsp3) is 0.208. The molecule has 3 aromatic rings. The molecule has 1 atom stereocenters. The van der Waals surface area contributed by atoms with Gasteiger partial charge in [0.15, 0.2) is 6.04 Å². The van der Waals surface area contributed by atoms with Crippen LogP contribution in [-0.2, 0) is 4.79 Å². The predicted molar refractivity (Wildman–Crippen MR) is 114 cm³/mol. The van der Waals surface area contributed by atoms with Crippen molar-refractivity contribution < 1.29 is 19.6 Å². The molecule has 1 amide bonds. The first-order valence-electron chi connectivity index (χ1n) is 9.86. The van der Waals surface area contributed by atoms with Crippen molar-refractivity contribution in [1.29, 1.82) is 0 Å². The van der Waals surface area contributed by atoms with Gasteiger partial charge in [0.1, 0.15) is 24.7 Å². The van der Waals surface area contributed by atoms with E-state index in [0.29, 0.717) is 31.2 Å². The van der Waals surface area contributed by atoms with Gasteiger partial charge in [0.05, 0.1) is 12.3 Å². The van der Waals surface area contributed by atoms with Crippen molar-refractivity contribution in [3.8, 4) is 11.5 Å². The molecular weight excluding hydrogens is 364 g/mol. The van der Waals surface area contributed by atoms with E-state index < -0.39 is 0 Å². The number of nitrogens with one attached hydrogen (secondary N) is 1. The molecule has 0 saturated carbocycles. The molecule has 0 aromatic heterocycles. The highest BCUT2D eigenvalue weighted by molar-refractivity contribution is 5.95. The third kappa shape index (κ3) is 6.09. The van der Waals surface area contributed by atoms with Gasteiger partial charge in [-0.25, -0.2) is 0 Å². The third-order valence-corrected chi connectivity index (χ3v) is 4.42. The first kappa shape index (κ1) is 20.4. The van der Waals surface area contributed by atoms with E-state index in [1.54, 1.807) is 0 Å². The van der Waals surface area contributed by atoms with Crippen LogP contribution in [0.4, 0.5) is 5.69 Å². The Hall–Kier alpha value is -3.31. The monoisotopic (exact) mass is 391 g/mol. The highest BCUT2D eigenvalue weighted by atomic mass is 16.5. The summed E-state index contributed by atoms with van der Waals surface area (Å²) in [5.41, 5.74) is 1.62. The summed E-state index contributed by atoms with van der Waals surface area (Å²) in [5, 5.41) is 5.01. The molecule has 0 aliphatic heterocycles. The van der Waals surface area contributed by atoms with Crippen LogP contribution in [0.15, 0.2) is 84.9 Å². The predicted octanol–water partition coefficient (Wildman–Crippen LogP) is 3.41. The lowest BCUT2D eigenvalue weighted by Gasteiger charge is -2.17. The van der Waals surface area contributed by atoms with E-state index in [2.05, 4.69) is 5.32 Å². The number of hydrogen-bond donors (Lipinski definition) is 2. The van der Waals surface area contributed by atoms with E-state index in [1.807, 2.05) is 97.2 Å². The zero-order chi connectivity index (χ0) is 20.3. The Morgan fingerprint density at radius 2 is 1.55 bits per heavy atom. The Bertz CT molecular complexity index is 885. The minimum Gasteiger partial charge on any atom is -0.492 e. The summed E-state index contributed by atoms with van der Waals surface area (Å²) in [5.74, 6) is 1.40. The van der Waals surface area contributed by atoms with Gasteiger partial charge in [-0.2, -0.15) is 0 Å². The van der Waals surface area contributed by atoms with E-state index in [4.69, 9.17) is 9.47 Å². The lowest BCUT2D eigenvalue weighted by molar-refractivity contribution is -0.682. The quantitative estimate of drug-likeness (QED) is 0.521. The Balaban J connectivity index is 1.66. The molecule has 29 heavy (non-hydrogen) atoms. The number of para-hydroxylation sites is 3. The molecule has 150 valence electrons. The molecule has 0 aliphatic carbocycles. The van der Waals surface area contributed by atoms with Crippen LogP contribution in [0.3, 0.4) is 0 Å². The molecule has 3 rings (SSSR count). The number of rotatable bonds is 10. The number of carbonyl (C=O) groups is 1. The summed E-state index contributed by atoms with van der Waals surface area (Å²) < 4.78 is 11.4. The zero-order valence-electron chi connectivity index (χ0n) is 16.6. The van der Waals surface area contributed by atoms with Crippen molar-refractivity contribution in [3.63, 3.8) is 0 Å². The van der Waals surface area contributed by atoms with E-state index in [0.717, 1.165) is 11.3 Å². The Labute approximate surface area is 171 Å². The number of ether oxygens (including phenoxy) is 2. The molecule has 3 aromatic carbocycles. The van der Waals surface area contributed by atoms with Gasteiger partial charge in [-0.3, -0.25) is 4.79 Å². The summed E-state index contributed by atoms with van der Waals surface area (Å²) in [4.78, 5) is 13.1. The van der Waals surface area contributed by atoms with Gasteiger partial charge in [0, 0.05) is 5.56 Å². The number of carbonyl (C=O) groups excluding carboxylic acids is 1. The summed E-state index contributed by atoms with van der Waals surface area (Å²) in [7, 11) is 0. The van der Waals surface area contributed by atoms with Crippen molar-refractivity contribution in [3.05, 3.63) is 90.5 Å². The SMILES string of the molecule is CCOc1ccccc1NC(=O)[C@H]([NH2+]CCOc1ccccc1)c1ccccc1. The van der Waals surface area contributed by atoms with E-state index in [-0.39, 0.29) is 11.9 Å². The Morgan fingerprint density at radius 1 is 0.897 bits per heavy atom. The molecule has 0 unspecified atom stereocenters. The van der Waals surface area contributed by atoms with Gasteiger partial charge in [-0.05, 0) is 31.2 Å². The number of amides is 1. The van der Waals surface area contributed by atoms with Crippen LogP contribution in [-0.4, -0.2) is 25.7 Å². The number of quaternary nitrogens is 1. The second-order valence-corrected chi connectivity index (χ2v) is 6.49. The number of nitrogens with two attached hydrogens (primary N) is 1. The summed E-state index contributed by atoms with van der Waals surface area (Å²) >= 11 is 0. The average molecular weight is 391 g/mol. The standard InChI is InChI=1S/C24H26N2O3/c1-2-28-22-16-10-9-15-21(22)26-24(27)23(19-11-5-3-6-12-19)25-17-18-29-20-13-7-4-8-14-20/h3-16,23,25H,2,17-18H2,1H3,(H,26,27)/p+1/t23-/m1/s1. The highest BCUT2D eigenvalue weighted by Crippen LogP contribution is 2.24. The smallest absolute Gasteiger partial charge is 0.287 e. The van der Waals surface area contributed by atoms with Crippen molar-refractivity contribution in [1.82, 2.24) is 0 Å². The lowest BCUT2D eigenvalue weighted by atomic mass is 10.1. The minimum atomic E-state index is -0.384. The van der Waals surface area contributed by atoms with Gasteiger partial charge in [-0.1, -0.05) is 60.7 Å². The van der Waals surface area contributed by atoms with Crippen LogP contribution < -0.4 is 20.1 Å². The third-order valence-electron chi connectivity index (χ3n) is 4.42. The number of anilines is 1. The molecule has 0 fully saturated rings. The van der Waals surface area contributed by atoms with Crippen LogP contribution in [0.5, 0.6) is 11.5 Å². The molecule has 0 saturated heterocycles. The van der Waals surface area contributed by atoms with Gasteiger partial charge >= 0.3 is 0 Å². The van der Waals surface area contributed by atoms with Crippen LogP contribution in [0.25, 0.3) is 0 Å². The fourth-order valence-electron chi connectivity index (χ4n) is 3.04. The summed E-state index contributed by atoms with van der Waals surface area (Å²) in [6.45, 7) is 3.62. The van der Waals surface area contributed by atoms with E-state index >= 15 is 0 Å². The fourth-order valence-corrected chi connectivity index (χ4v) is 3.04. The molecule has 0 aliphatic rings. The maximum atomic E-state index is 13.1. The largest absolute Gasteiger partial charge is 0.492 e. The summed E-state index contributed by atoms with van der Waals surface area (Å²) in [6.07, 6.45) is 0. The molecule has 0 bridgehead atoms. The van der Waals surface area contributed by atoms with Crippen LogP contribution >= 0.6 is 0 Å². The minimum absolute atomic E-state index is 0.0944. The van der Waals surface area contributed by atoms with Gasteiger partial charge in [0.25, 0.3) is 5.91 Å². The first-order chi connectivity index (χ1) is 14.3. The second kappa shape index (κ2) is 10.9. The van der Waals surface area contributed by atoms with Gasteiger partial charge in [-0.15, -0.1) is 0 Å². The van der Waals surface area contributed by atoms with Gasteiger partial charge < -0.3 is 20.1 Å². The Kier molecular flexibility index (Phi) is 7.66. The molecular formula is C24H27N2O3+. The summed E-state index contributed by atoms with van der Waals surface area (Å²) in [6, 6.07) is 26.5. The maximum absolute atomic E-state index is 13.1. The second-order valence-electron chi connectivity index (χ2n) is 6.49. The van der Waals surface area contributed by atoms with Crippen LogP contribution in [0.1, 0.15) is 18.5 Å². The van der Waals surface area contributed by atoms with Gasteiger partial charge in [0.2, 0.25) is 0 Å². The van der Waals surface area contributed by atoms with Crippen molar-refractivity contribution in [2.24, 2.45) is 0 Å². The van der Waals surface area contributed by atoms with E-state index in [1.165, 1.54) is 0 Å². The van der Waals surface area contributed by atoms with Crippen molar-refractivity contribution in [2.45, 2.75) is 13.0 Å². The average Bonchev–Trinajstić information content (AvgIpc) is 2.76. The molecule has 3 N–H and O–H groups in total. The molecule has 0 heterocycles. The van der Waals surface area contributed by atoms with E-state index in [9.17, 15) is 4.79 Å². The maximum Gasteiger partial charge on any atom is 0.287 e. The molecule has 5 heteroatoms. The topological polar surface area (TPSA) is 64.2 Å². The number of benzene rings is 3. The zero-order valence-corrected chi connectivity index (χ0v) is 16.6.